The van der Waals surface area contributed by atoms with Gasteiger partial charge >= 0.3 is 6.09 Å². The molecule has 2 aliphatic carbocycles. The second kappa shape index (κ2) is 11.5. The summed E-state index contributed by atoms with van der Waals surface area (Å²) in [6, 6.07) is 7.74. The van der Waals surface area contributed by atoms with Crippen LogP contribution in [0.15, 0.2) is 43.1 Å². The Bertz CT molecular complexity index is 1480. The molecule has 6 rings (SSSR count). The van der Waals surface area contributed by atoms with Crippen molar-refractivity contribution in [1.29, 1.82) is 0 Å². The molecule has 222 valence electrons. The van der Waals surface area contributed by atoms with Crippen molar-refractivity contribution in [2.45, 2.75) is 83.3 Å². The van der Waals surface area contributed by atoms with E-state index in [0.717, 1.165) is 43.6 Å². The van der Waals surface area contributed by atoms with Crippen LogP contribution < -0.4 is 15.4 Å². The minimum Gasteiger partial charge on any atom is -0.493 e. The lowest BCUT2D eigenvalue weighted by Crippen LogP contribution is -2.45. The van der Waals surface area contributed by atoms with Crippen molar-refractivity contribution in [1.82, 2.24) is 25.6 Å². The summed E-state index contributed by atoms with van der Waals surface area (Å²) in [5.74, 6) is 1.68. The molecule has 2 amide bonds. The summed E-state index contributed by atoms with van der Waals surface area (Å²) in [5, 5.41) is 6.06. The number of amides is 2. The first-order valence-electron chi connectivity index (χ1n) is 14.6. The molecule has 2 fully saturated rings. The highest BCUT2D eigenvalue weighted by atomic mass is 16.7. The van der Waals surface area contributed by atoms with Gasteiger partial charge in [0, 0.05) is 23.8 Å². The van der Waals surface area contributed by atoms with Crippen LogP contribution in [0.1, 0.15) is 87.2 Å². The van der Waals surface area contributed by atoms with Crippen LogP contribution in [0.4, 0.5) is 4.79 Å². The van der Waals surface area contributed by atoms with Gasteiger partial charge in [-0.15, -0.1) is 0 Å². The van der Waals surface area contributed by atoms with E-state index in [1.165, 1.54) is 25.4 Å². The molecule has 1 aliphatic heterocycles. The van der Waals surface area contributed by atoms with E-state index in [-0.39, 0.29) is 18.0 Å². The number of hydrogen-bond donors (Lipinski definition) is 3. The predicted molar refractivity (Wildman–Crippen MR) is 154 cm³/mol. The van der Waals surface area contributed by atoms with E-state index in [9.17, 15) is 9.59 Å². The Morgan fingerprint density at radius 2 is 1.81 bits per heavy atom. The lowest BCUT2D eigenvalue weighted by atomic mass is 9.91. The quantitative estimate of drug-likeness (QED) is 0.327. The first-order valence-corrected chi connectivity index (χ1v) is 14.6. The zero-order chi connectivity index (χ0) is 29.3. The zero-order valence-electron chi connectivity index (χ0n) is 24.1. The number of nitrogens with zero attached hydrogens (tertiary/aromatic N) is 2. The summed E-state index contributed by atoms with van der Waals surface area (Å²) >= 11 is 0. The second-order valence-corrected chi connectivity index (χ2v) is 12.2. The van der Waals surface area contributed by atoms with Gasteiger partial charge in [0.05, 0.1) is 17.7 Å². The third-order valence-electron chi connectivity index (χ3n) is 7.57. The van der Waals surface area contributed by atoms with Gasteiger partial charge in [0.2, 0.25) is 0 Å². The van der Waals surface area contributed by atoms with Gasteiger partial charge < -0.3 is 34.6 Å². The van der Waals surface area contributed by atoms with Gasteiger partial charge in [-0.25, -0.2) is 14.8 Å². The number of nitrogens with one attached hydrogen (secondary N) is 3. The van der Waals surface area contributed by atoms with Crippen LogP contribution in [0.3, 0.4) is 0 Å². The Morgan fingerprint density at radius 3 is 2.55 bits per heavy atom. The Kier molecular flexibility index (Phi) is 7.66. The van der Waals surface area contributed by atoms with E-state index < -0.39 is 18.0 Å². The van der Waals surface area contributed by atoms with Crippen LogP contribution in [0.25, 0.3) is 16.8 Å². The van der Waals surface area contributed by atoms with Crippen LogP contribution in [0, 0.1) is 5.92 Å². The number of carbonyl (C=O) groups excluding carboxylic acids is 2. The molecular formula is C31H37N5O6. The minimum absolute atomic E-state index is 0.000468. The summed E-state index contributed by atoms with van der Waals surface area (Å²) in [5.41, 5.74) is 2.33. The third-order valence-corrected chi connectivity index (χ3v) is 7.57. The summed E-state index contributed by atoms with van der Waals surface area (Å²) in [7, 11) is 0. The highest BCUT2D eigenvalue weighted by Gasteiger charge is 2.29. The zero-order valence-corrected chi connectivity index (χ0v) is 24.1. The highest BCUT2D eigenvalue weighted by Crippen LogP contribution is 2.36. The molecule has 3 heterocycles. The molecular weight excluding hydrogens is 538 g/mol. The molecule has 0 saturated heterocycles. The Balaban J connectivity index is 1.06. The van der Waals surface area contributed by atoms with Gasteiger partial charge in [0.15, 0.2) is 5.76 Å². The maximum atomic E-state index is 13.2. The second-order valence-electron chi connectivity index (χ2n) is 12.2. The third kappa shape index (κ3) is 6.61. The number of H-pyrrole nitrogens is 1. The standard InChI is InChI=1S/C31H37N5O6/c1-31(2,3)42-30(38)36-21-11-9-20(10-12-21)35-28(37)23-14-32-27-25(23)33-17-34-26(27)24-16-40-29(41-24)19-5-4-6-22(13-19)39-15-18-7-8-18/h4-6,13-14,16-18,20-21,29,32H,7-12,15H2,1-3H3,(H,35,37)(H,36,38). The fraction of sp³-hybridized carbons (Fsp3) is 0.484. The number of ether oxygens (including phenoxy) is 4. The molecule has 3 aliphatic rings. The van der Waals surface area contributed by atoms with Gasteiger partial charge in [-0.2, -0.15) is 0 Å². The summed E-state index contributed by atoms with van der Waals surface area (Å²) in [6.07, 6.45) is 9.03. The number of alkyl carbamates (subject to hydrolysis) is 1. The molecule has 2 saturated carbocycles. The van der Waals surface area contributed by atoms with Crippen molar-refractivity contribution >= 4 is 28.8 Å². The molecule has 11 nitrogen and oxygen atoms in total. The fourth-order valence-electron chi connectivity index (χ4n) is 5.22. The number of hydrogen-bond acceptors (Lipinski definition) is 8. The normalized spacial score (nSPS) is 22.1. The molecule has 2 aromatic heterocycles. The van der Waals surface area contributed by atoms with E-state index in [1.54, 1.807) is 6.20 Å². The summed E-state index contributed by atoms with van der Waals surface area (Å²) in [4.78, 5) is 37.3. The molecule has 0 spiro atoms. The molecule has 42 heavy (non-hydrogen) atoms. The molecule has 11 heteroatoms. The number of fused-ring (bicyclic) bond motifs is 1. The largest absolute Gasteiger partial charge is 0.493 e. The van der Waals surface area contributed by atoms with E-state index in [1.807, 2.05) is 45.0 Å². The monoisotopic (exact) mass is 575 g/mol. The lowest BCUT2D eigenvalue weighted by Gasteiger charge is -2.30. The molecule has 0 radical (unpaired) electrons. The van der Waals surface area contributed by atoms with Crippen molar-refractivity contribution in [3.63, 3.8) is 0 Å². The molecule has 1 unspecified atom stereocenters. The van der Waals surface area contributed by atoms with Gasteiger partial charge in [-0.1, -0.05) is 12.1 Å². The molecule has 3 N–H and O–H groups in total. The summed E-state index contributed by atoms with van der Waals surface area (Å²) in [6.45, 7) is 6.25. The Labute approximate surface area is 244 Å². The van der Waals surface area contributed by atoms with Crippen LogP contribution in [-0.4, -0.2) is 51.2 Å². The van der Waals surface area contributed by atoms with E-state index in [2.05, 4.69) is 25.6 Å². The lowest BCUT2D eigenvalue weighted by molar-refractivity contribution is -0.0173. The van der Waals surface area contributed by atoms with Crippen molar-refractivity contribution in [2.75, 3.05) is 6.61 Å². The minimum atomic E-state index is -0.632. The Morgan fingerprint density at radius 1 is 1.05 bits per heavy atom. The van der Waals surface area contributed by atoms with E-state index in [0.29, 0.717) is 34.0 Å². The van der Waals surface area contributed by atoms with Crippen molar-refractivity contribution in [2.24, 2.45) is 5.92 Å². The smallest absolute Gasteiger partial charge is 0.407 e. The van der Waals surface area contributed by atoms with Gasteiger partial charge in [0.1, 0.15) is 35.2 Å². The van der Waals surface area contributed by atoms with Crippen molar-refractivity contribution in [3.05, 3.63) is 59.9 Å². The summed E-state index contributed by atoms with van der Waals surface area (Å²) < 4.78 is 23.2. The van der Waals surface area contributed by atoms with E-state index >= 15 is 0 Å². The molecule has 1 aromatic carbocycles. The van der Waals surface area contributed by atoms with E-state index in [4.69, 9.17) is 18.9 Å². The molecule has 1 atom stereocenters. The van der Waals surface area contributed by atoms with Crippen LogP contribution in [0.5, 0.6) is 5.75 Å². The van der Waals surface area contributed by atoms with Crippen LogP contribution >= 0.6 is 0 Å². The van der Waals surface area contributed by atoms with Gasteiger partial charge in [-0.05, 0) is 77.3 Å². The van der Waals surface area contributed by atoms with Gasteiger partial charge in [-0.3, -0.25) is 4.79 Å². The van der Waals surface area contributed by atoms with Crippen molar-refractivity contribution in [3.8, 4) is 5.75 Å². The predicted octanol–water partition coefficient (Wildman–Crippen LogP) is 5.36. The Hall–Kier alpha value is -4.28. The fourth-order valence-corrected chi connectivity index (χ4v) is 5.22. The van der Waals surface area contributed by atoms with Gasteiger partial charge in [0.25, 0.3) is 12.2 Å². The number of carbonyl (C=O) groups is 2. The highest BCUT2D eigenvalue weighted by molar-refractivity contribution is 6.06. The molecule has 3 aromatic rings. The van der Waals surface area contributed by atoms with Crippen LogP contribution in [0.2, 0.25) is 0 Å². The number of aromatic amines is 1. The topological polar surface area (TPSA) is 137 Å². The van der Waals surface area contributed by atoms with Crippen LogP contribution in [-0.2, 0) is 14.2 Å². The van der Waals surface area contributed by atoms with Crippen molar-refractivity contribution < 1.29 is 28.5 Å². The number of aromatic nitrogens is 3. The first-order chi connectivity index (χ1) is 20.2. The average molecular weight is 576 g/mol. The number of benzene rings is 1. The SMILES string of the molecule is CC(C)(C)OC(=O)NC1CCC(NC(=O)c2c[nH]c3c(C4=COC(c5cccc(OCC6CC6)c5)O4)ncnc23)CC1. The average Bonchev–Trinajstić information content (AvgIpc) is 3.46. The maximum Gasteiger partial charge on any atom is 0.407 e. The maximum absolute atomic E-state index is 13.2. The number of rotatable bonds is 8. The molecule has 0 bridgehead atoms. The first kappa shape index (κ1) is 27.9.